The molecule has 0 aliphatic carbocycles. The molecule has 0 saturated carbocycles. The van der Waals surface area contributed by atoms with Crippen LogP contribution in [0.3, 0.4) is 0 Å². The van der Waals surface area contributed by atoms with Gasteiger partial charge in [0.25, 0.3) is 0 Å². The minimum atomic E-state index is -4.31. The lowest BCUT2D eigenvalue weighted by Gasteiger charge is -2.17. The quantitative estimate of drug-likeness (QED) is 0.816. The lowest BCUT2D eigenvalue weighted by molar-refractivity contribution is -0.148. The first-order valence-corrected chi connectivity index (χ1v) is 5.59. The topological polar surface area (TPSA) is 72.3 Å². The van der Waals surface area contributed by atoms with E-state index in [0.29, 0.717) is 0 Å². The maximum absolute atomic E-state index is 12.7. The van der Waals surface area contributed by atoms with Crippen molar-refractivity contribution in [3.63, 3.8) is 0 Å². The molecule has 0 saturated heterocycles. The highest BCUT2D eigenvalue weighted by molar-refractivity contribution is 5.87. The zero-order valence-corrected chi connectivity index (χ0v) is 10.7. The molecule has 0 radical (unpaired) electrons. The van der Waals surface area contributed by atoms with Crippen LogP contribution in [0.2, 0.25) is 0 Å². The zero-order chi connectivity index (χ0) is 15.5. The Labute approximate surface area is 111 Å². The van der Waals surface area contributed by atoms with Gasteiger partial charge in [-0.15, -0.1) is 10.2 Å². The van der Waals surface area contributed by atoms with Gasteiger partial charge >= 0.3 is 18.3 Å². The molecule has 0 aromatic carbocycles. The van der Waals surface area contributed by atoms with E-state index in [0.717, 1.165) is 0 Å². The van der Waals surface area contributed by atoms with Crippen molar-refractivity contribution in [1.29, 1.82) is 0 Å². The summed E-state index contributed by atoms with van der Waals surface area (Å²) >= 11 is 0. The summed E-state index contributed by atoms with van der Waals surface area (Å²) in [6.07, 6.45) is -3.61. The van der Waals surface area contributed by atoms with Crippen LogP contribution in [0, 0.1) is 6.92 Å². The Hall–Kier alpha value is -1.93. The van der Waals surface area contributed by atoms with Crippen LogP contribution in [-0.2, 0) is 6.42 Å². The molecule has 5 nitrogen and oxygen atoms in total. The molecule has 0 fully saturated rings. The number of nitrogens with zero attached hydrogens (tertiary/aromatic N) is 2. The highest BCUT2D eigenvalue weighted by Crippen LogP contribution is 2.26. The van der Waals surface area contributed by atoms with E-state index in [1.54, 1.807) is 6.92 Å². The first-order chi connectivity index (χ1) is 9.20. The molecule has 0 atom stereocenters. The van der Waals surface area contributed by atoms with E-state index in [1.165, 1.54) is 6.92 Å². The summed E-state index contributed by atoms with van der Waals surface area (Å²) in [6, 6.07) is 0. The number of hydrogen-bond acceptors (Lipinski definition) is 4. The number of aromatic carboxylic acids is 1. The predicted octanol–water partition coefficient (Wildman–Crippen LogP) is 2.32. The molecular formula is C11H12F4N2O3. The average Bonchev–Trinajstić information content (AvgIpc) is 2.36. The van der Waals surface area contributed by atoms with Crippen molar-refractivity contribution >= 4 is 5.97 Å². The Bertz CT molecular complexity index is 509. The van der Waals surface area contributed by atoms with Gasteiger partial charge in [-0.25, -0.2) is 13.6 Å². The first-order valence-electron chi connectivity index (χ1n) is 5.59. The third kappa shape index (κ3) is 3.34. The van der Waals surface area contributed by atoms with Crippen LogP contribution in [-0.4, -0.2) is 40.2 Å². The highest BCUT2D eigenvalue weighted by Gasteiger charge is 2.42. The van der Waals surface area contributed by atoms with E-state index in [4.69, 9.17) is 5.11 Å². The van der Waals surface area contributed by atoms with Crippen molar-refractivity contribution in [3.05, 3.63) is 16.8 Å². The van der Waals surface area contributed by atoms with Crippen LogP contribution in [0.25, 0.3) is 0 Å². The molecule has 112 valence electrons. The SMILES string of the molecule is CCc1c(C(=O)O)nnc(OCC(F)(F)C(F)F)c1C. The monoisotopic (exact) mass is 296 g/mol. The number of carbonyl (C=O) groups is 1. The summed E-state index contributed by atoms with van der Waals surface area (Å²) in [5, 5.41) is 15.6. The normalized spacial score (nSPS) is 11.8. The van der Waals surface area contributed by atoms with Crippen molar-refractivity contribution < 1.29 is 32.2 Å². The summed E-state index contributed by atoms with van der Waals surface area (Å²) in [5.41, 5.74) is 0.116. The second-order valence-electron chi connectivity index (χ2n) is 3.97. The fourth-order valence-corrected chi connectivity index (χ4v) is 1.51. The molecule has 1 N–H and O–H groups in total. The van der Waals surface area contributed by atoms with Gasteiger partial charge in [-0.1, -0.05) is 6.92 Å². The zero-order valence-electron chi connectivity index (χ0n) is 10.7. The molecule has 0 unspecified atom stereocenters. The van der Waals surface area contributed by atoms with Crippen molar-refractivity contribution in [3.8, 4) is 5.88 Å². The summed E-state index contributed by atoms with van der Waals surface area (Å²) in [4.78, 5) is 10.9. The van der Waals surface area contributed by atoms with Gasteiger partial charge in [0.1, 0.15) is 0 Å². The van der Waals surface area contributed by atoms with Gasteiger partial charge in [-0.2, -0.15) is 8.78 Å². The van der Waals surface area contributed by atoms with Crippen LogP contribution in [0.4, 0.5) is 17.6 Å². The third-order valence-electron chi connectivity index (χ3n) is 2.58. The second kappa shape index (κ2) is 6.02. The van der Waals surface area contributed by atoms with Gasteiger partial charge in [0, 0.05) is 5.56 Å². The van der Waals surface area contributed by atoms with Crippen LogP contribution >= 0.6 is 0 Å². The summed E-state index contributed by atoms with van der Waals surface area (Å²) in [7, 11) is 0. The number of aromatic nitrogens is 2. The van der Waals surface area contributed by atoms with Crippen molar-refractivity contribution in [2.45, 2.75) is 32.6 Å². The number of rotatable bonds is 6. The molecule has 1 aromatic rings. The van der Waals surface area contributed by atoms with Crippen molar-refractivity contribution in [1.82, 2.24) is 10.2 Å². The number of carboxylic acid groups (broad SMARTS) is 1. The van der Waals surface area contributed by atoms with Gasteiger partial charge in [-0.3, -0.25) is 0 Å². The molecule has 0 amide bonds. The molecule has 1 heterocycles. The molecule has 0 spiro atoms. The van der Waals surface area contributed by atoms with Crippen molar-refractivity contribution in [2.24, 2.45) is 0 Å². The number of hydrogen-bond donors (Lipinski definition) is 1. The van der Waals surface area contributed by atoms with Crippen molar-refractivity contribution in [2.75, 3.05) is 6.61 Å². The molecule has 1 aromatic heterocycles. The molecule has 0 aliphatic rings. The lowest BCUT2D eigenvalue weighted by Crippen LogP contribution is -2.34. The van der Waals surface area contributed by atoms with Crippen LogP contribution in [0.5, 0.6) is 5.88 Å². The maximum atomic E-state index is 12.7. The van der Waals surface area contributed by atoms with Gasteiger partial charge in [0.15, 0.2) is 12.3 Å². The molecule has 9 heteroatoms. The van der Waals surface area contributed by atoms with Gasteiger partial charge in [-0.05, 0) is 18.9 Å². The van der Waals surface area contributed by atoms with E-state index >= 15 is 0 Å². The largest absolute Gasteiger partial charge is 0.476 e. The standard InChI is InChI=1S/C11H12F4N2O3/c1-3-6-5(2)8(17-16-7(6)9(18)19)20-4-11(14,15)10(12)13/h10H,3-4H2,1-2H3,(H,18,19). The third-order valence-corrected chi connectivity index (χ3v) is 2.58. The first kappa shape index (κ1) is 16.1. The Morgan fingerprint density at radius 1 is 1.40 bits per heavy atom. The van der Waals surface area contributed by atoms with Gasteiger partial charge < -0.3 is 9.84 Å². The second-order valence-corrected chi connectivity index (χ2v) is 3.97. The minimum Gasteiger partial charge on any atom is -0.476 e. The van der Waals surface area contributed by atoms with E-state index in [-0.39, 0.29) is 29.1 Å². The Balaban J connectivity index is 3.01. The maximum Gasteiger partial charge on any atom is 0.356 e. The van der Waals surface area contributed by atoms with Gasteiger partial charge in [0.2, 0.25) is 5.88 Å². The molecule has 0 bridgehead atoms. The van der Waals surface area contributed by atoms with E-state index in [2.05, 4.69) is 14.9 Å². The van der Waals surface area contributed by atoms with E-state index in [9.17, 15) is 22.4 Å². The number of halogens is 4. The number of ether oxygens (including phenoxy) is 1. The van der Waals surface area contributed by atoms with E-state index < -0.39 is 24.9 Å². The van der Waals surface area contributed by atoms with Crippen LogP contribution < -0.4 is 4.74 Å². The van der Waals surface area contributed by atoms with Crippen LogP contribution in [0.1, 0.15) is 28.5 Å². The number of carboxylic acids is 1. The Morgan fingerprint density at radius 2 is 2.00 bits per heavy atom. The Kier molecular flexibility index (Phi) is 4.85. The van der Waals surface area contributed by atoms with Gasteiger partial charge in [0.05, 0.1) is 0 Å². The highest BCUT2D eigenvalue weighted by atomic mass is 19.3. The van der Waals surface area contributed by atoms with E-state index in [1.807, 2.05) is 0 Å². The fraction of sp³-hybridized carbons (Fsp3) is 0.545. The summed E-state index contributed by atoms with van der Waals surface area (Å²) in [5.74, 6) is -6.01. The Morgan fingerprint density at radius 3 is 2.45 bits per heavy atom. The summed E-state index contributed by atoms with van der Waals surface area (Å²) in [6.45, 7) is 1.47. The minimum absolute atomic E-state index is 0.185. The predicted molar refractivity (Wildman–Crippen MR) is 59.6 cm³/mol. The summed E-state index contributed by atoms with van der Waals surface area (Å²) < 4.78 is 54.0. The lowest BCUT2D eigenvalue weighted by atomic mass is 10.1. The molecule has 0 aliphatic heterocycles. The molecule has 20 heavy (non-hydrogen) atoms. The smallest absolute Gasteiger partial charge is 0.356 e. The fourth-order valence-electron chi connectivity index (χ4n) is 1.51. The molecular weight excluding hydrogens is 284 g/mol. The van der Waals surface area contributed by atoms with Crippen LogP contribution in [0.15, 0.2) is 0 Å². The number of alkyl halides is 4. The molecule has 1 rings (SSSR count). The average molecular weight is 296 g/mol.